The molecule has 0 spiro atoms. The predicted molar refractivity (Wildman–Crippen MR) is 34.1 cm³/mol. The van der Waals surface area contributed by atoms with E-state index in [4.69, 9.17) is 0 Å². The van der Waals surface area contributed by atoms with E-state index in [9.17, 15) is 0 Å². The maximum absolute atomic E-state index is 0. The first-order valence-corrected chi connectivity index (χ1v) is 0. The summed E-state index contributed by atoms with van der Waals surface area (Å²) < 4.78 is 0. The zero-order valence-corrected chi connectivity index (χ0v) is 17.0. The average molecular weight is 474 g/mol. The van der Waals surface area contributed by atoms with Crippen molar-refractivity contribution in [3.05, 3.63) is 0 Å². The third-order valence-corrected chi connectivity index (χ3v) is 0. The Morgan fingerprint density at radius 3 is 1.00 bits per heavy atom. The van der Waals surface area contributed by atoms with Crippen molar-refractivity contribution in [2.24, 2.45) is 0 Å². The Kier molecular flexibility index (Phi) is 847. The van der Waals surface area contributed by atoms with Crippen LogP contribution >= 0.6 is 9.90 Å². The Balaban J connectivity index is 0. The molecule has 9 heavy (non-hydrogen) atoms. The predicted octanol–water partition coefficient (Wildman–Crippen LogP) is -1.48. The van der Waals surface area contributed by atoms with E-state index in [0.29, 0.717) is 0 Å². The summed E-state index contributed by atoms with van der Waals surface area (Å²) in [6, 6.07) is 0. The zero-order chi connectivity index (χ0) is 0. The van der Waals surface area contributed by atoms with Gasteiger partial charge in [-0.25, -0.2) is 0 Å². The van der Waals surface area contributed by atoms with Crippen molar-refractivity contribution in [2.75, 3.05) is 0 Å². The van der Waals surface area contributed by atoms with Gasteiger partial charge in [0.25, 0.3) is 0 Å². The van der Waals surface area contributed by atoms with E-state index < -0.39 is 0 Å². The van der Waals surface area contributed by atoms with Crippen molar-refractivity contribution in [1.82, 2.24) is 0 Å². The molecule has 0 aromatic carbocycles. The van der Waals surface area contributed by atoms with Crippen LogP contribution in [0.3, 0.4) is 0 Å². The normalized spacial score (nSPS) is 0. The molecule has 1 atom stereocenters. The summed E-state index contributed by atoms with van der Waals surface area (Å²) in [5, 5.41) is 0. The molecule has 0 aliphatic carbocycles. The summed E-state index contributed by atoms with van der Waals surface area (Å²) in [7, 11) is 0. The first-order valence-electron chi connectivity index (χ1n) is 0. The van der Waals surface area contributed by atoms with Crippen molar-refractivity contribution in [2.45, 2.75) is 0 Å². The molecule has 0 bridgehead atoms. The number of hydrogen-bond donors (Lipinski definition) is 0. The van der Waals surface area contributed by atoms with Crippen molar-refractivity contribution in [3.63, 3.8) is 0 Å². The molecule has 0 heterocycles. The van der Waals surface area contributed by atoms with E-state index >= 15 is 0 Å². The molecule has 0 fully saturated rings. The third kappa shape index (κ3) is 64.9. The topological polar surface area (TPSA) is 0 Å². The first kappa shape index (κ1) is 98.4. The molecule has 0 rings (SSSR count). The summed E-state index contributed by atoms with van der Waals surface area (Å²) in [6.45, 7) is 0. The van der Waals surface area contributed by atoms with Gasteiger partial charge in [0.05, 0.1) is 0 Å². The van der Waals surface area contributed by atoms with Crippen LogP contribution in [0, 0.1) is 0 Å². The Morgan fingerprint density at radius 1 is 1.00 bits per heavy atom. The van der Waals surface area contributed by atoms with Gasteiger partial charge in [-0.2, -0.15) is 9.90 Å². The molecule has 0 N–H and O–H groups in total. The van der Waals surface area contributed by atoms with Crippen LogP contribution in [0.25, 0.3) is 0 Å². The van der Waals surface area contributed by atoms with Gasteiger partial charge in [0.15, 0.2) is 0 Å². The summed E-state index contributed by atoms with van der Waals surface area (Å²) in [5.74, 6) is 0. The minimum Gasteiger partial charge on any atom is -0.153 e. The molecule has 0 aliphatic rings. The Labute approximate surface area is 149 Å². The monoisotopic (exact) mass is 478 g/mol. The maximum atomic E-state index is 0. The second kappa shape index (κ2) is 77.5. The van der Waals surface area contributed by atoms with Crippen LogP contribution in [0.1, 0.15) is 0 Å². The van der Waals surface area contributed by atoms with E-state index in [1.807, 2.05) is 0 Å². The van der Waals surface area contributed by atoms with Crippen LogP contribution in [0.2, 0.25) is 0 Å². The summed E-state index contributed by atoms with van der Waals surface area (Å²) in [6.07, 6.45) is 0. The van der Waals surface area contributed by atoms with Gasteiger partial charge in [-0.1, -0.05) is 0 Å². The molecule has 0 amide bonds. The first-order chi connectivity index (χ1) is 0. The molecule has 0 aliphatic heterocycles. The van der Waals surface area contributed by atoms with E-state index in [0.717, 1.165) is 0 Å². The van der Waals surface area contributed by atoms with Gasteiger partial charge in [-0.05, 0) is 0 Å². The SMILES string of the molecule is P.[Ge].[Li].[Mo].[Ni].[Se].[Si].[Ti].[V]. The van der Waals surface area contributed by atoms with E-state index in [2.05, 4.69) is 0 Å². The molecule has 12 radical (unpaired) electrons. The fourth-order valence-corrected chi connectivity index (χ4v) is 0. The molecule has 0 aromatic heterocycles. The van der Waals surface area contributed by atoms with Crippen LogP contribution < -0.4 is 0 Å². The van der Waals surface area contributed by atoms with Gasteiger partial charge >= 0.3 is 0 Å². The van der Waals surface area contributed by atoms with E-state index in [1.165, 1.54) is 0 Å². The largest absolute Gasteiger partial charge is 0.153 e. The van der Waals surface area contributed by atoms with Crippen molar-refractivity contribution < 1.29 is 77.8 Å². The van der Waals surface area contributed by atoms with Crippen LogP contribution in [0.15, 0.2) is 0 Å². The van der Waals surface area contributed by atoms with Crippen molar-refractivity contribution in [1.29, 1.82) is 0 Å². The number of hydrogen-bond acceptors (Lipinski definition) is 0. The Hall–Kier alpha value is 4.79. The van der Waals surface area contributed by atoms with Gasteiger partial charge in [-0.15, -0.1) is 0 Å². The van der Waals surface area contributed by atoms with Gasteiger partial charge in [0, 0.05) is 142 Å². The molecule has 9 heteroatoms. The van der Waals surface area contributed by atoms with Gasteiger partial charge in [-0.3, -0.25) is 0 Å². The van der Waals surface area contributed by atoms with Gasteiger partial charge < -0.3 is 0 Å². The summed E-state index contributed by atoms with van der Waals surface area (Å²) >= 11 is 0. The van der Waals surface area contributed by atoms with E-state index in [1.54, 1.807) is 0 Å². The molecular weight excluding hydrogens is 471 g/mol. The smallest absolute Gasteiger partial charge is 0 e. The quantitative estimate of drug-likeness (QED) is 0.297. The molecule has 0 saturated heterocycles. The molecular formula is H3GeLiMoNiPSeSiTiV. The second-order valence-corrected chi connectivity index (χ2v) is 0. The fourth-order valence-electron chi connectivity index (χ4n) is 0. The maximum Gasteiger partial charge on any atom is 0 e. The fraction of sp³-hybridized carbons (Fsp3) is 0. The van der Waals surface area contributed by atoms with Crippen LogP contribution in [-0.2, 0) is 77.8 Å². The molecule has 0 saturated carbocycles. The Morgan fingerprint density at radius 2 is 1.00 bits per heavy atom. The minimum atomic E-state index is 0. The van der Waals surface area contributed by atoms with Crippen LogP contribution in [0.4, 0.5) is 0 Å². The van der Waals surface area contributed by atoms with Gasteiger partial charge in [0.1, 0.15) is 0 Å². The summed E-state index contributed by atoms with van der Waals surface area (Å²) in [5.41, 5.74) is 0. The second-order valence-electron chi connectivity index (χ2n) is 0. The third-order valence-electron chi connectivity index (χ3n) is 0. The number of rotatable bonds is 0. The van der Waals surface area contributed by atoms with Crippen molar-refractivity contribution in [3.8, 4) is 0 Å². The van der Waals surface area contributed by atoms with Gasteiger partial charge in [0.2, 0.25) is 0 Å². The Bertz CT molecular complexity index is 28.5. The van der Waals surface area contributed by atoms with Crippen molar-refractivity contribution >= 4 is 74.4 Å². The van der Waals surface area contributed by atoms with Crippen LogP contribution in [0.5, 0.6) is 0 Å². The molecule has 1 unspecified atom stereocenters. The average Bonchev–Trinajstić information content (AvgIpc) is 0. The standard InChI is InChI=1S/Ge.Li.Mo.Ni.H3P.Se.Si.Ti.V/h;;;;1H3;;;;. The van der Waals surface area contributed by atoms with Crippen LogP contribution in [-0.4, -0.2) is 64.5 Å². The molecule has 0 aromatic rings. The summed E-state index contributed by atoms with van der Waals surface area (Å²) in [4.78, 5) is 0. The minimum absolute atomic E-state index is 0. The molecule has 48 valence electrons. The molecule has 0 nitrogen and oxygen atoms in total. The van der Waals surface area contributed by atoms with E-state index in [-0.39, 0.29) is 152 Å². The zero-order valence-electron chi connectivity index (χ0n) is 4.79.